The molecule has 100 valence electrons. The van der Waals surface area contributed by atoms with Crippen LogP contribution < -0.4 is 5.32 Å². The Labute approximate surface area is 112 Å². The number of rotatable bonds is 4. The number of thioether (sulfide) groups is 1. The fourth-order valence-electron chi connectivity index (χ4n) is 1.30. The van der Waals surface area contributed by atoms with Gasteiger partial charge in [-0.3, -0.25) is 4.79 Å². The highest BCUT2D eigenvalue weighted by atomic mass is 32.2. The number of carbonyl (C=O) groups is 1. The van der Waals surface area contributed by atoms with E-state index < -0.39 is 11.6 Å². The largest absolute Gasteiger partial charge is 0.325 e. The molecule has 1 aromatic heterocycles. The van der Waals surface area contributed by atoms with Crippen molar-refractivity contribution >= 4 is 23.4 Å². The van der Waals surface area contributed by atoms with Gasteiger partial charge in [-0.25, -0.2) is 8.78 Å². The minimum atomic E-state index is -1.00. The summed E-state index contributed by atoms with van der Waals surface area (Å²) >= 11 is 1.20. The molecule has 2 rings (SSSR count). The molecule has 0 fully saturated rings. The summed E-state index contributed by atoms with van der Waals surface area (Å²) in [5.41, 5.74) is 0.211. The van der Waals surface area contributed by atoms with Gasteiger partial charge in [0.25, 0.3) is 0 Å². The minimum Gasteiger partial charge on any atom is -0.325 e. The Hall–Kier alpha value is -1.96. The Balaban J connectivity index is 1.91. The van der Waals surface area contributed by atoms with Gasteiger partial charge in [0.2, 0.25) is 5.91 Å². The third kappa shape index (κ3) is 3.50. The van der Waals surface area contributed by atoms with Crippen LogP contribution in [0.15, 0.2) is 29.7 Å². The number of benzene rings is 1. The molecule has 0 radical (unpaired) electrons. The summed E-state index contributed by atoms with van der Waals surface area (Å²) in [6.45, 7) is 0. The van der Waals surface area contributed by atoms with E-state index in [0.29, 0.717) is 5.16 Å². The first-order valence-electron chi connectivity index (χ1n) is 5.28. The van der Waals surface area contributed by atoms with Crippen molar-refractivity contribution in [2.75, 3.05) is 11.1 Å². The summed E-state index contributed by atoms with van der Waals surface area (Å²) in [7, 11) is 1.76. The standard InChI is InChI=1S/C11H10F2N4OS/c1-17-6-14-16-11(17)19-5-10(18)15-7-2-3-8(12)9(13)4-7/h2-4,6H,5H2,1H3,(H,15,18). The van der Waals surface area contributed by atoms with Crippen molar-refractivity contribution in [3.05, 3.63) is 36.2 Å². The van der Waals surface area contributed by atoms with E-state index in [1.807, 2.05) is 0 Å². The van der Waals surface area contributed by atoms with Crippen LogP contribution in [-0.4, -0.2) is 26.4 Å². The molecule has 19 heavy (non-hydrogen) atoms. The molecule has 8 heteroatoms. The topological polar surface area (TPSA) is 59.8 Å². The zero-order valence-electron chi connectivity index (χ0n) is 9.93. The Bertz CT molecular complexity index is 602. The number of aryl methyl sites for hydroxylation is 1. The molecule has 0 atom stereocenters. The van der Waals surface area contributed by atoms with Gasteiger partial charge in [-0.1, -0.05) is 11.8 Å². The van der Waals surface area contributed by atoms with Crippen molar-refractivity contribution in [2.45, 2.75) is 5.16 Å². The van der Waals surface area contributed by atoms with Crippen LogP contribution in [0.1, 0.15) is 0 Å². The second-order valence-electron chi connectivity index (χ2n) is 3.69. The maximum Gasteiger partial charge on any atom is 0.234 e. The molecule has 1 aromatic carbocycles. The predicted molar refractivity (Wildman–Crippen MR) is 66.7 cm³/mol. The monoisotopic (exact) mass is 284 g/mol. The van der Waals surface area contributed by atoms with Gasteiger partial charge in [-0.05, 0) is 12.1 Å². The van der Waals surface area contributed by atoms with Crippen LogP contribution in [0.3, 0.4) is 0 Å². The van der Waals surface area contributed by atoms with Gasteiger partial charge < -0.3 is 9.88 Å². The normalized spacial score (nSPS) is 10.5. The van der Waals surface area contributed by atoms with Crippen molar-refractivity contribution < 1.29 is 13.6 Å². The van der Waals surface area contributed by atoms with Crippen molar-refractivity contribution in [1.29, 1.82) is 0 Å². The zero-order valence-corrected chi connectivity index (χ0v) is 10.7. The lowest BCUT2D eigenvalue weighted by Crippen LogP contribution is -2.14. The van der Waals surface area contributed by atoms with Gasteiger partial charge in [0.15, 0.2) is 16.8 Å². The van der Waals surface area contributed by atoms with Crippen LogP contribution in [-0.2, 0) is 11.8 Å². The lowest BCUT2D eigenvalue weighted by molar-refractivity contribution is -0.113. The first-order valence-corrected chi connectivity index (χ1v) is 6.26. The maximum absolute atomic E-state index is 12.9. The molecule has 0 bridgehead atoms. The summed E-state index contributed by atoms with van der Waals surface area (Å²) in [4.78, 5) is 11.6. The second kappa shape index (κ2) is 5.79. The molecule has 0 spiro atoms. The number of aromatic nitrogens is 3. The van der Waals surface area contributed by atoms with Crippen LogP contribution >= 0.6 is 11.8 Å². The van der Waals surface area contributed by atoms with Crippen LogP contribution in [0.25, 0.3) is 0 Å². The molecular formula is C11H10F2N4OS. The van der Waals surface area contributed by atoms with Gasteiger partial charge in [0.05, 0.1) is 5.75 Å². The van der Waals surface area contributed by atoms with Crippen LogP contribution in [0.4, 0.5) is 14.5 Å². The van der Waals surface area contributed by atoms with Gasteiger partial charge in [-0.2, -0.15) is 0 Å². The molecule has 0 aliphatic heterocycles. The molecule has 0 aliphatic rings. The average Bonchev–Trinajstić information content (AvgIpc) is 2.77. The predicted octanol–water partition coefficient (Wildman–Crippen LogP) is 1.82. The fraction of sp³-hybridized carbons (Fsp3) is 0.182. The first kappa shape index (κ1) is 13.5. The van der Waals surface area contributed by atoms with E-state index in [4.69, 9.17) is 0 Å². The van der Waals surface area contributed by atoms with Crippen LogP contribution in [0.5, 0.6) is 0 Å². The molecule has 0 saturated heterocycles. The molecule has 2 aromatic rings. The molecule has 0 saturated carbocycles. The third-order valence-electron chi connectivity index (χ3n) is 2.21. The van der Waals surface area contributed by atoms with Crippen molar-refractivity contribution in [3.8, 4) is 0 Å². The first-order chi connectivity index (χ1) is 9.06. The van der Waals surface area contributed by atoms with E-state index in [9.17, 15) is 13.6 Å². The Morgan fingerprint density at radius 2 is 2.21 bits per heavy atom. The quantitative estimate of drug-likeness (QED) is 0.870. The number of nitrogens with zero attached hydrogens (tertiary/aromatic N) is 3. The lowest BCUT2D eigenvalue weighted by Gasteiger charge is -2.05. The average molecular weight is 284 g/mol. The highest BCUT2D eigenvalue weighted by Crippen LogP contribution is 2.16. The van der Waals surface area contributed by atoms with Crippen molar-refractivity contribution in [3.63, 3.8) is 0 Å². The molecule has 1 heterocycles. The van der Waals surface area contributed by atoms with Crippen molar-refractivity contribution in [1.82, 2.24) is 14.8 Å². The highest BCUT2D eigenvalue weighted by Gasteiger charge is 2.08. The fourth-order valence-corrected chi connectivity index (χ4v) is 1.99. The summed E-state index contributed by atoms with van der Waals surface area (Å²) in [6, 6.07) is 3.18. The molecule has 5 nitrogen and oxygen atoms in total. The number of anilines is 1. The summed E-state index contributed by atoms with van der Waals surface area (Å²) in [5.74, 6) is -2.19. The van der Waals surface area contributed by atoms with Gasteiger partial charge in [-0.15, -0.1) is 10.2 Å². The van der Waals surface area contributed by atoms with E-state index in [-0.39, 0.29) is 17.3 Å². The smallest absolute Gasteiger partial charge is 0.234 e. The number of hydrogen-bond donors (Lipinski definition) is 1. The molecule has 0 aliphatic carbocycles. The SMILES string of the molecule is Cn1cnnc1SCC(=O)Nc1ccc(F)c(F)c1. The maximum atomic E-state index is 12.9. The van der Waals surface area contributed by atoms with Crippen LogP contribution in [0.2, 0.25) is 0 Å². The minimum absolute atomic E-state index is 0.103. The summed E-state index contributed by atoms with van der Waals surface area (Å²) < 4.78 is 27.3. The third-order valence-corrected chi connectivity index (χ3v) is 3.24. The van der Waals surface area contributed by atoms with Crippen LogP contribution in [0, 0.1) is 11.6 Å². The van der Waals surface area contributed by atoms with Gasteiger partial charge in [0, 0.05) is 18.8 Å². The molecular weight excluding hydrogens is 274 g/mol. The van der Waals surface area contributed by atoms with Gasteiger partial charge >= 0.3 is 0 Å². The summed E-state index contributed by atoms with van der Waals surface area (Å²) in [5, 5.41) is 10.5. The molecule has 0 unspecified atom stereocenters. The Morgan fingerprint density at radius 3 is 2.84 bits per heavy atom. The number of hydrogen-bond acceptors (Lipinski definition) is 4. The summed E-state index contributed by atoms with van der Waals surface area (Å²) in [6.07, 6.45) is 1.52. The zero-order chi connectivity index (χ0) is 13.8. The van der Waals surface area contributed by atoms with E-state index in [2.05, 4.69) is 15.5 Å². The van der Waals surface area contributed by atoms with Crippen molar-refractivity contribution in [2.24, 2.45) is 7.05 Å². The second-order valence-corrected chi connectivity index (χ2v) is 4.63. The Morgan fingerprint density at radius 1 is 1.42 bits per heavy atom. The van der Waals surface area contributed by atoms with Gasteiger partial charge in [0.1, 0.15) is 6.33 Å². The number of amides is 1. The lowest BCUT2D eigenvalue weighted by atomic mass is 10.3. The number of carbonyl (C=O) groups excluding carboxylic acids is 1. The van der Waals surface area contributed by atoms with E-state index in [0.717, 1.165) is 12.1 Å². The molecule has 1 N–H and O–H groups in total. The van der Waals surface area contributed by atoms with E-state index >= 15 is 0 Å². The van der Waals surface area contributed by atoms with E-state index in [1.165, 1.54) is 24.2 Å². The number of nitrogens with one attached hydrogen (secondary N) is 1. The van der Waals surface area contributed by atoms with E-state index in [1.54, 1.807) is 11.6 Å². The number of halogens is 2. The Kier molecular flexibility index (Phi) is 4.10. The highest BCUT2D eigenvalue weighted by molar-refractivity contribution is 7.99. The molecule has 1 amide bonds.